The molecule has 0 saturated carbocycles. The van der Waals surface area contributed by atoms with E-state index in [1.807, 2.05) is 12.1 Å². The van der Waals surface area contributed by atoms with Gasteiger partial charge in [0.05, 0.1) is 20.3 Å². The number of carbonyl (C=O) groups excluding carboxylic acids is 3. The highest BCUT2D eigenvalue weighted by atomic mass is 16.6. The van der Waals surface area contributed by atoms with Crippen molar-refractivity contribution in [3.8, 4) is 23.0 Å². The van der Waals surface area contributed by atoms with Gasteiger partial charge in [0.2, 0.25) is 5.91 Å². The van der Waals surface area contributed by atoms with E-state index in [1.165, 1.54) is 35.0 Å². The number of nitrogens with zero attached hydrogens (tertiary/aromatic N) is 1. The summed E-state index contributed by atoms with van der Waals surface area (Å²) in [6.45, 7) is 4.74. The summed E-state index contributed by atoms with van der Waals surface area (Å²) in [5, 5.41) is 0. The van der Waals surface area contributed by atoms with Crippen molar-refractivity contribution in [3.05, 3.63) is 47.0 Å². The number of esters is 2. The van der Waals surface area contributed by atoms with Gasteiger partial charge in [-0.25, -0.2) is 0 Å². The van der Waals surface area contributed by atoms with Crippen molar-refractivity contribution in [2.24, 2.45) is 0 Å². The zero-order chi connectivity index (χ0) is 23.4. The van der Waals surface area contributed by atoms with Gasteiger partial charge in [-0.3, -0.25) is 14.4 Å². The minimum atomic E-state index is -0.458. The lowest BCUT2D eigenvalue weighted by Gasteiger charge is -2.37. The van der Waals surface area contributed by atoms with E-state index >= 15 is 0 Å². The second-order valence-corrected chi connectivity index (χ2v) is 7.56. The van der Waals surface area contributed by atoms with E-state index in [4.69, 9.17) is 18.9 Å². The predicted molar refractivity (Wildman–Crippen MR) is 116 cm³/mol. The second kappa shape index (κ2) is 9.72. The maximum Gasteiger partial charge on any atom is 0.308 e. The van der Waals surface area contributed by atoms with Crippen LogP contribution in [-0.4, -0.2) is 43.5 Å². The van der Waals surface area contributed by atoms with Crippen LogP contribution in [0, 0.1) is 0 Å². The van der Waals surface area contributed by atoms with E-state index in [2.05, 4.69) is 0 Å². The van der Waals surface area contributed by atoms with Crippen LogP contribution < -0.4 is 18.9 Å². The van der Waals surface area contributed by atoms with Crippen molar-refractivity contribution in [2.75, 3.05) is 20.8 Å². The van der Waals surface area contributed by atoms with Crippen LogP contribution in [0.1, 0.15) is 43.5 Å². The van der Waals surface area contributed by atoms with Gasteiger partial charge in [0.15, 0.2) is 23.0 Å². The van der Waals surface area contributed by atoms with Gasteiger partial charge in [-0.15, -0.1) is 0 Å². The molecule has 1 amide bonds. The maximum absolute atomic E-state index is 12.4. The van der Waals surface area contributed by atoms with Crippen molar-refractivity contribution < 1.29 is 33.3 Å². The summed E-state index contributed by atoms with van der Waals surface area (Å²) < 4.78 is 21.3. The highest BCUT2D eigenvalue weighted by Crippen LogP contribution is 2.40. The molecule has 0 fully saturated rings. The molecule has 8 heteroatoms. The summed E-state index contributed by atoms with van der Waals surface area (Å²) in [7, 11) is 3.02. The van der Waals surface area contributed by atoms with Crippen molar-refractivity contribution in [1.82, 2.24) is 4.90 Å². The lowest BCUT2D eigenvalue weighted by Crippen LogP contribution is -2.39. The third-order valence-corrected chi connectivity index (χ3v) is 5.35. The SMILES string of the molecule is COc1ccc(C[C@@H]2c3cc(OC(C)=O)c(OC)cc3CCN2C(C)=O)cc1OC(C)=O. The molecule has 8 nitrogen and oxygen atoms in total. The molecule has 0 saturated heterocycles. The maximum atomic E-state index is 12.4. The average molecular weight is 441 g/mol. The highest BCUT2D eigenvalue weighted by Gasteiger charge is 2.31. The topological polar surface area (TPSA) is 91.4 Å². The van der Waals surface area contributed by atoms with Crippen LogP contribution in [0.5, 0.6) is 23.0 Å². The van der Waals surface area contributed by atoms with E-state index in [0.717, 1.165) is 16.7 Å². The molecule has 1 aliphatic heterocycles. The third-order valence-electron chi connectivity index (χ3n) is 5.35. The Kier molecular flexibility index (Phi) is 7.02. The summed E-state index contributed by atoms with van der Waals surface area (Å²) >= 11 is 0. The first kappa shape index (κ1) is 23.1. The molecule has 0 spiro atoms. The number of rotatable bonds is 6. The number of ether oxygens (including phenoxy) is 4. The summed E-state index contributed by atoms with van der Waals surface area (Å²) in [4.78, 5) is 37.3. The number of hydrogen-bond donors (Lipinski definition) is 0. The van der Waals surface area contributed by atoms with Crippen LogP contribution in [-0.2, 0) is 27.2 Å². The minimum absolute atomic E-state index is 0.0563. The quantitative estimate of drug-likeness (QED) is 0.502. The fourth-order valence-corrected chi connectivity index (χ4v) is 4.01. The molecule has 0 aliphatic carbocycles. The normalized spacial score (nSPS) is 14.9. The molecule has 1 atom stereocenters. The summed E-state index contributed by atoms with van der Waals surface area (Å²) in [6, 6.07) is 8.67. The molecule has 2 aromatic rings. The van der Waals surface area contributed by atoms with E-state index in [0.29, 0.717) is 42.4 Å². The molecule has 0 bridgehead atoms. The molecule has 1 aliphatic rings. The third kappa shape index (κ3) is 5.01. The Labute approximate surface area is 187 Å². The molecule has 0 aromatic heterocycles. The molecule has 32 heavy (non-hydrogen) atoms. The van der Waals surface area contributed by atoms with Crippen LogP contribution in [0.25, 0.3) is 0 Å². The number of methoxy groups -OCH3 is 2. The molecule has 2 aromatic carbocycles. The Morgan fingerprint density at radius 2 is 1.50 bits per heavy atom. The molecule has 0 radical (unpaired) electrons. The average Bonchev–Trinajstić information content (AvgIpc) is 2.72. The molecule has 170 valence electrons. The van der Waals surface area contributed by atoms with E-state index in [1.54, 1.807) is 23.1 Å². The summed E-state index contributed by atoms with van der Waals surface area (Å²) in [5.74, 6) is 0.572. The van der Waals surface area contributed by atoms with Gasteiger partial charge in [0.25, 0.3) is 0 Å². The van der Waals surface area contributed by atoms with Gasteiger partial charge in [-0.05, 0) is 53.8 Å². The fourth-order valence-electron chi connectivity index (χ4n) is 4.01. The molecule has 1 heterocycles. The Morgan fingerprint density at radius 1 is 0.875 bits per heavy atom. The Balaban J connectivity index is 2.05. The molecular weight excluding hydrogens is 414 g/mol. The van der Waals surface area contributed by atoms with Crippen LogP contribution in [0.3, 0.4) is 0 Å². The van der Waals surface area contributed by atoms with Crippen molar-refractivity contribution in [1.29, 1.82) is 0 Å². The van der Waals surface area contributed by atoms with Crippen LogP contribution >= 0.6 is 0 Å². The monoisotopic (exact) mass is 441 g/mol. The Morgan fingerprint density at radius 3 is 2.06 bits per heavy atom. The largest absolute Gasteiger partial charge is 0.493 e. The standard InChI is InChI=1S/C24H27NO7/c1-14(26)25-9-8-18-12-22(30-5)24(32-16(3)28)13-19(18)20(25)10-17-6-7-21(29-4)23(11-17)31-15(2)27/h6-7,11-13,20H,8-10H2,1-5H3/t20-/m1/s1. The molecule has 3 rings (SSSR count). The summed E-state index contributed by atoms with van der Waals surface area (Å²) in [6.07, 6.45) is 1.13. The van der Waals surface area contributed by atoms with Gasteiger partial charge >= 0.3 is 11.9 Å². The van der Waals surface area contributed by atoms with Crippen LogP contribution in [0.15, 0.2) is 30.3 Å². The lowest BCUT2D eigenvalue weighted by molar-refractivity contribution is -0.133. The van der Waals surface area contributed by atoms with E-state index in [9.17, 15) is 14.4 Å². The van der Waals surface area contributed by atoms with Crippen molar-refractivity contribution >= 4 is 17.8 Å². The van der Waals surface area contributed by atoms with Crippen LogP contribution in [0.4, 0.5) is 0 Å². The van der Waals surface area contributed by atoms with E-state index < -0.39 is 11.9 Å². The predicted octanol–water partition coefficient (Wildman–Crippen LogP) is 3.24. The van der Waals surface area contributed by atoms with Gasteiger partial charge in [0, 0.05) is 27.3 Å². The smallest absolute Gasteiger partial charge is 0.308 e. The fraction of sp³-hybridized carbons (Fsp3) is 0.375. The number of carbonyl (C=O) groups is 3. The van der Waals surface area contributed by atoms with Crippen molar-refractivity contribution in [2.45, 2.75) is 39.7 Å². The molecule has 0 N–H and O–H groups in total. The van der Waals surface area contributed by atoms with Crippen LogP contribution in [0.2, 0.25) is 0 Å². The Bertz CT molecular complexity index is 1050. The molecular formula is C24H27NO7. The zero-order valence-corrected chi connectivity index (χ0v) is 18.9. The number of benzene rings is 2. The van der Waals surface area contributed by atoms with Gasteiger partial charge in [-0.2, -0.15) is 0 Å². The van der Waals surface area contributed by atoms with E-state index in [-0.39, 0.29) is 11.9 Å². The van der Waals surface area contributed by atoms with Crippen molar-refractivity contribution in [3.63, 3.8) is 0 Å². The van der Waals surface area contributed by atoms with Gasteiger partial charge in [0.1, 0.15) is 0 Å². The zero-order valence-electron chi connectivity index (χ0n) is 18.9. The first-order valence-corrected chi connectivity index (χ1v) is 10.2. The summed E-state index contributed by atoms with van der Waals surface area (Å²) in [5.41, 5.74) is 2.76. The second-order valence-electron chi connectivity index (χ2n) is 7.56. The molecule has 0 unspecified atom stereocenters. The number of hydrogen-bond acceptors (Lipinski definition) is 7. The first-order valence-electron chi connectivity index (χ1n) is 10.2. The Hall–Kier alpha value is -3.55. The highest BCUT2D eigenvalue weighted by molar-refractivity contribution is 5.75. The number of amides is 1. The minimum Gasteiger partial charge on any atom is -0.493 e. The van der Waals surface area contributed by atoms with Gasteiger partial charge in [-0.1, -0.05) is 6.07 Å². The first-order chi connectivity index (χ1) is 15.2. The number of fused-ring (bicyclic) bond motifs is 1. The lowest BCUT2D eigenvalue weighted by atomic mass is 9.88. The van der Waals surface area contributed by atoms with Gasteiger partial charge < -0.3 is 23.8 Å².